The van der Waals surface area contributed by atoms with Gasteiger partial charge in [-0.2, -0.15) is 8.78 Å². The SMILES string of the molecule is Cc1ccc(C(=O)OCC(F)(F)S(=O)(=O)[O-])cc1I. The fourth-order valence-corrected chi connectivity index (χ4v) is 1.74. The Bertz CT molecular complexity index is 600. The molecule has 0 heterocycles. The lowest BCUT2D eigenvalue weighted by Gasteiger charge is -2.19. The molecule has 0 unspecified atom stereocenters. The van der Waals surface area contributed by atoms with Crippen LogP contribution >= 0.6 is 22.6 Å². The number of aryl methyl sites for hydroxylation is 1. The predicted octanol–water partition coefficient (Wildman–Crippen LogP) is 1.89. The largest absolute Gasteiger partial charge is 0.743 e. The Balaban J connectivity index is 2.79. The molecule has 0 aliphatic heterocycles. The Hall–Kier alpha value is -0.810. The molecule has 1 rings (SSSR count). The van der Waals surface area contributed by atoms with Crippen molar-refractivity contribution in [2.45, 2.75) is 12.2 Å². The molecule has 19 heavy (non-hydrogen) atoms. The lowest BCUT2D eigenvalue weighted by atomic mass is 10.1. The van der Waals surface area contributed by atoms with Crippen LogP contribution in [0.2, 0.25) is 0 Å². The summed E-state index contributed by atoms with van der Waals surface area (Å²) in [6.45, 7) is -0.0167. The van der Waals surface area contributed by atoms with E-state index in [1.54, 1.807) is 13.0 Å². The standard InChI is InChI=1S/C10H9F2IO5S/c1-6-2-3-7(4-8(6)13)9(14)18-5-10(11,12)19(15,16)17/h2-4H,5H2,1H3,(H,15,16,17)/p-1. The molecule has 0 saturated carbocycles. The van der Waals surface area contributed by atoms with Gasteiger partial charge in [0.25, 0.3) is 0 Å². The highest BCUT2D eigenvalue weighted by molar-refractivity contribution is 14.1. The molecular formula is C10H8F2IO5S-. The van der Waals surface area contributed by atoms with Crippen molar-refractivity contribution < 1.29 is 31.3 Å². The van der Waals surface area contributed by atoms with Gasteiger partial charge in [0.05, 0.1) is 5.56 Å². The summed E-state index contributed by atoms with van der Waals surface area (Å²) in [5.74, 6) is -1.12. The van der Waals surface area contributed by atoms with Crippen LogP contribution in [-0.2, 0) is 14.9 Å². The quantitative estimate of drug-likeness (QED) is 0.434. The molecule has 0 aliphatic rings. The van der Waals surface area contributed by atoms with Crippen LogP contribution < -0.4 is 0 Å². The summed E-state index contributed by atoms with van der Waals surface area (Å²) in [7, 11) is -5.86. The first kappa shape index (κ1) is 16.2. The van der Waals surface area contributed by atoms with Crippen LogP contribution in [0.15, 0.2) is 18.2 Å². The minimum absolute atomic E-state index is 0.00547. The van der Waals surface area contributed by atoms with Crippen molar-refractivity contribution in [3.8, 4) is 0 Å². The van der Waals surface area contributed by atoms with E-state index in [1.807, 2.05) is 22.6 Å². The Labute approximate surface area is 121 Å². The zero-order valence-electron chi connectivity index (χ0n) is 9.52. The molecule has 0 bridgehead atoms. The van der Waals surface area contributed by atoms with Gasteiger partial charge < -0.3 is 9.29 Å². The number of esters is 1. The number of hydrogen-bond donors (Lipinski definition) is 0. The monoisotopic (exact) mass is 405 g/mol. The summed E-state index contributed by atoms with van der Waals surface area (Å²) in [4.78, 5) is 11.4. The number of benzene rings is 1. The fourth-order valence-electron chi connectivity index (χ4n) is 1.02. The molecule has 0 saturated heterocycles. The van der Waals surface area contributed by atoms with Crippen molar-refractivity contribution in [1.29, 1.82) is 0 Å². The van der Waals surface area contributed by atoms with Gasteiger partial charge in [0.15, 0.2) is 16.7 Å². The second kappa shape index (κ2) is 5.67. The number of rotatable bonds is 4. The van der Waals surface area contributed by atoms with E-state index in [4.69, 9.17) is 0 Å². The van der Waals surface area contributed by atoms with Crippen molar-refractivity contribution in [2.75, 3.05) is 6.61 Å². The third kappa shape index (κ3) is 4.08. The maximum atomic E-state index is 12.8. The minimum Gasteiger partial charge on any atom is -0.743 e. The van der Waals surface area contributed by atoms with Crippen molar-refractivity contribution in [2.24, 2.45) is 0 Å². The van der Waals surface area contributed by atoms with Crippen molar-refractivity contribution >= 4 is 38.7 Å². The average molecular weight is 405 g/mol. The van der Waals surface area contributed by atoms with Gasteiger partial charge in [0, 0.05) is 3.57 Å². The summed E-state index contributed by atoms with van der Waals surface area (Å²) in [6, 6.07) is 4.34. The Kier molecular flexibility index (Phi) is 4.85. The topological polar surface area (TPSA) is 83.5 Å². The first-order valence-electron chi connectivity index (χ1n) is 4.81. The second-order valence-corrected chi connectivity index (χ2v) is 6.30. The summed E-state index contributed by atoms with van der Waals surface area (Å²) >= 11 is 1.94. The average Bonchev–Trinajstić information content (AvgIpc) is 2.28. The van der Waals surface area contributed by atoms with E-state index in [0.29, 0.717) is 0 Å². The number of ether oxygens (including phenoxy) is 1. The van der Waals surface area contributed by atoms with Gasteiger partial charge in [-0.05, 0) is 47.2 Å². The van der Waals surface area contributed by atoms with Gasteiger partial charge in [0.1, 0.15) is 0 Å². The molecule has 106 valence electrons. The zero-order chi connectivity index (χ0) is 14.8. The molecule has 0 amide bonds. The molecule has 1 aromatic carbocycles. The van der Waals surface area contributed by atoms with E-state index in [-0.39, 0.29) is 5.56 Å². The molecule has 0 aromatic heterocycles. The zero-order valence-corrected chi connectivity index (χ0v) is 12.5. The highest BCUT2D eigenvalue weighted by atomic mass is 127. The predicted molar refractivity (Wildman–Crippen MR) is 68.8 cm³/mol. The van der Waals surface area contributed by atoms with Gasteiger partial charge >= 0.3 is 11.2 Å². The van der Waals surface area contributed by atoms with E-state index in [2.05, 4.69) is 4.74 Å². The summed E-state index contributed by atoms with van der Waals surface area (Å²) in [5.41, 5.74) is 0.874. The minimum atomic E-state index is -5.86. The van der Waals surface area contributed by atoms with E-state index in [0.717, 1.165) is 9.13 Å². The summed E-state index contributed by atoms with van der Waals surface area (Å²) in [6.07, 6.45) is 0. The smallest absolute Gasteiger partial charge is 0.367 e. The second-order valence-electron chi connectivity index (χ2n) is 3.63. The van der Waals surface area contributed by atoms with Crippen molar-refractivity contribution in [1.82, 2.24) is 0 Å². The lowest BCUT2D eigenvalue weighted by molar-refractivity contribution is -0.00997. The third-order valence-electron chi connectivity index (χ3n) is 2.14. The van der Waals surface area contributed by atoms with Gasteiger partial charge in [-0.15, -0.1) is 0 Å². The Morgan fingerprint density at radius 3 is 2.53 bits per heavy atom. The molecule has 0 radical (unpaired) electrons. The van der Waals surface area contributed by atoms with Gasteiger partial charge in [-0.1, -0.05) is 6.07 Å². The van der Waals surface area contributed by atoms with Gasteiger partial charge in [0.2, 0.25) is 0 Å². The maximum absolute atomic E-state index is 12.8. The van der Waals surface area contributed by atoms with Crippen molar-refractivity contribution in [3.63, 3.8) is 0 Å². The number of carbonyl (C=O) groups is 1. The molecular weight excluding hydrogens is 397 g/mol. The molecule has 0 atom stereocenters. The molecule has 5 nitrogen and oxygen atoms in total. The van der Waals surface area contributed by atoms with E-state index >= 15 is 0 Å². The third-order valence-corrected chi connectivity index (χ3v) is 4.16. The molecule has 0 aliphatic carbocycles. The highest BCUT2D eigenvalue weighted by Crippen LogP contribution is 2.21. The van der Waals surface area contributed by atoms with E-state index < -0.39 is 27.9 Å². The first-order valence-corrected chi connectivity index (χ1v) is 7.30. The van der Waals surface area contributed by atoms with E-state index in [1.165, 1.54) is 12.1 Å². The van der Waals surface area contributed by atoms with Crippen molar-refractivity contribution in [3.05, 3.63) is 32.9 Å². The van der Waals surface area contributed by atoms with Crippen LogP contribution in [-0.4, -0.2) is 30.8 Å². The van der Waals surface area contributed by atoms with E-state index in [9.17, 15) is 26.5 Å². The van der Waals surface area contributed by atoms with Gasteiger partial charge in [-0.25, -0.2) is 13.2 Å². The van der Waals surface area contributed by atoms with Crippen LogP contribution in [0, 0.1) is 10.5 Å². The molecule has 0 fully saturated rings. The van der Waals surface area contributed by atoms with Crippen LogP contribution in [0.5, 0.6) is 0 Å². The number of hydrogen-bond acceptors (Lipinski definition) is 5. The highest BCUT2D eigenvalue weighted by Gasteiger charge is 2.39. The number of alkyl halides is 2. The normalized spacial score (nSPS) is 12.3. The van der Waals surface area contributed by atoms with Crippen LogP contribution in [0.1, 0.15) is 15.9 Å². The number of halogens is 3. The molecule has 9 heteroatoms. The first-order chi connectivity index (χ1) is 8.54. The van der Waals surface area contributed by atoms with Crippen LogP contribution in [0.3, 0.4) is 0 Å². The Morgan fingerprint density at radius 2 is 2.05 bits per heavy atom. The molecule has 0 spiro atoms. The number of carbonyl (C=O) groups excluding carboxylic acids is 1. The van der Waals surface area contributed by atoms with Gasteiger partial charge in [-0.3, -0.25) is 0 Å². The summed E-state index contributed by atoms with van der Waals surface area (Å²) < 4.78 is 61.0. The molecule has 0 N–H and O–H groups in total. The lowest BCUT2D eigenvalue weighted by Crippen LogP contribution is -2.34. The Morgan fingerprint density at radius 1 is 1.47 bits per heavy atom. The van der Waals surface area contributed by atoms with Crippen LogP contribution in [0.4, 0.5) is 8.78 Å². The summed E-state index contributed by atoms with van der Waals surface area (Å²) in [5, 5.41) is -4.64. The molecule has 1 aromatic rings. The fraction of sp³-hybridized carbons (Fsp3) is 0.300. The van der Waals surface area contributed by atoms with Crippen LogP contribution in [0.25, 0.3) is 0 Å². The maximum Gasteiger partial charge on any atom is 0.367 e.